The van der Waals surface area contributed by atoms with E-state index in [2.05, 4.69) is 149 Å². The second-order valence-corrected chi connectivity index (χ2v) is 13.8. The first-order chi connectivity index (χ1) is 23.3. The monoisotopic (exact) mass is 623 g/mol. The van der Waals surface area contributed by atoms with E-state index in [1.165, 1.54) is 11.1 Å². The summed E-state index contributed by atoms with van der Waals surface area (Å²) in [4.78, 5) is 5.32. The van der Waals surface area contributed by atoms with Gasteiger partial charge in [0.15, 0.2) is 0 Å². The Morgan fingerprint density at radius 1 is 0.500 bits per heavy atom. The van der Waals surface area contributed by atoms with Crippen molar-refractivity contribution in [2.45, 2.75) is 38.9 Å². The fourth-order valence-electron chi connectivity index (χ4n) is 7.10. The minimum atomic E-state index is -0.470. The molecule has 1 fully saturated rings. The molecule has 0 bridgehead atoms. The van der Waals surface area contributed by atoms with Crippen LogP contribution in [-0.4, -0.2) is 23.3 Å². The van der Waals surface area contributed by atoms with Crippen LogP contribution in [0.1, 0.15) is 27.7 Å². The molecule has 9 rings (SSSR count). The summed E-state index contributed by atoms with van der Waals surface area (Å²) >= 11 is 0. The first-order valence-electron chi connectivity index (χ1n) is 16.6. The minimum Gasteiger partial charge on any atom is -0.456 e. The standard InChI is InChI=1S/C43H34BNO3/c1-42(2)43(3,4)48-44(47-42)31-16-12-15-30(25-31)41-34-26-37-40(33-18-9-11-20-36(33)46-37)38(39(34)32-17-8-10-19-35(32)45-41)29-23-21-28(22-24-29)27-13-6-5-7-14-27/h5-26H,1-4H3. The van der Waals surface area contributed by atoms with E-state index in [4.69, 9.17) is 18.7 Å². The molecular formula is C43H34BNO3. The lowest BCUT2D eigenvalue weighted by atomic mass is 9.78. The van der Waals surface area contributed by atoms with Crippen molar-refractivity contribution in [1.82, 2.24) is 4.98 Å². The number of aromatic nitrogens is 1. The van der Waals surface area contributed by atoms with Gasteiger partial charge >= 0.3 is 7.12 Å². The number of fused-ring (bicyclic) bond motifs is 6. The molecule has 1 aliphatic rings. The lowest BCUT2D eigenvalue weighted by molar-refractivity contribution is 0.00578. The maximum atomic E-state index is 6.60. The number of rotatable bonds is 4. The quantitative estimate of drug-likeness (QED) is 0.145. The second kappa shape index (κ2) is 10.6. The SMILES string of the molecule is CC1(C)OB(c2cccc(-c3nc4ccccc4c4c(-c5ccc(-c6ccccc6)cc5)c5c(cc34)oc3ccccc35)c2)OC1(C)C. The summed E-state index contributed by atoms with van der Waals surface area (Å²) in [5.41, 5.74) is 9.30. The van der Waals surface area contributed by atoms with E-state index in [1.54, 1.807) is 0 Å². The Morgan fingerprint density at radius 3 is 1.90 bits per heavy atom. The van der Waals surface area contributed by atoms with Gasteiger partial charge in [-0.25, -0.2) is 4.98 Å². The van der Waals surface area contributed by atoms with Crippen LogP contribution in [0, 0.1) is 0 Å². The highest BCUT2D eigenvalue weighted by Gasteiger charge is 2.51. The van der Waals surface area contributed by atoms with Crippen molar-refractivity contribution in [2.24, 2.45) is 0 Å². The van der Waals surface area contributed by atoms with Crippen LogP contribution in [-0.2, 0) is 9.31 Å². The van der Waals surface area contributed by atoms with Crippen LogP contribution in [0.2, 0.25) is 0 Å². The van der Waals surface area contributed by atoms with Gasteiger partial charge in [0.05, 0.1) is 22.4 Å². The lowest BCUT2D eigenvalue weighted by Crippen LogP contribution is -2.41. The average Bonchev–Trinajstić information content (AvgIpc) is 3.59. The summed E-state index contributed by atoms with van der Waals surface area (Å²) in [6.45, 7) is 8.34. The molecule has 4 nitrogen and oxygen atoms in total. The number of benzene rings is 6. The van der Waals surface area contributed by atoms with E-state index in [9.17, 15) is 0 Å². The van der Waals surface area contributed by atoms with Crippen molar-refractivity contribution < 1.29 is 13.7 Å². The van der Waals surface area contributed by atoms with E-state index < -0.39 is 18.3 Å². The third-order valence-electron chi connectivity index (χ3n) is 10.3. The van der Waals surface area contributed by atoms with Crippen LogP contribution in [0.3, 0.4) is 0 Å². The Morgan fingerprint density at radius 2 is 1.12 bits per heavy atom. The Labute approximate surface area is 280 Å². The third kappa shape index (κ3) is 4.50. The molecule has 3 heterocycles. The summed E-state index contributed by atoms with van der Waals surface area (Å²) in [5, 5.41) is 5.50. The van der Waals surface area contributed by atoms with Crippen molar-refractivity contribution in [3.63, 3.8) is 0 Å². The van der Waals surface area contributed by atoms with Gasteiger partial charge in [0.25, 0.3) is 0 Å². The van der Waals surface area contributed by atoms with Crippen molar-refractivity contribution in [3.05, 3.63) is 133 Å². The van der Waals surface area contributed by atoms with Gasteiger partial charge in [0, 0.05) is 38.1 Å². The predicted molar refractivity (Wildman–Crippen MR) is 199 cm³/mol. The number of hydrogen-bond acceptors (Lipinski definition) is 4. The van der Waals surface area contributed by atoms with Gasteiger partial charge in [0.1, 0.15) is 11.2 Å². The summed E-state index contributed by atoms with van der Waals surface area (Å²) in [6, 6.07) is 46.8. The number of pyridine rings is 1. The fourth-order valence-corrected chi connectivity index (χ4v) is 7.10. The minimum absolute atomic E-state index is 0.431. The Balaban J connectivity index is 1.34. The zero-order valence-electron chi connectivity index (χ0n) is 27.5. The van der Waals surface area contributed by atoms with Crippen molar-refractivity contribution in [3.8, 4) is 33.5 Å². The first kappa shape index (κ1) is 29.0. The van der Waals surface area contributed by atoms with E-state index in [0.29, 0.717) is 0 Å². The highest BCUT2D eigenvalue weighted by Crippen LogP contribution is 2.46. The van der Waals surface area contributed by atoms with Crippen LogP contribution >= 0.6 is 0 Å². The molecule has 0 spiro atoms. The normalized spacial score (nSPS) is 15.6. The molecule has 0 aliphatic carbocycles. The maximum Gasteiger partial charge on any atom is 0.494 e. The summed E-state index contributed by atoms with van der Waals surface area (Å²) in [7, 11) is -0.470. The topological polar surface area (TPSA) is 44.5 Å². The maximum absolute atomic E-state index is 6.60. The summed E-state index contributed by atoms with van der Waals surface area (Å²) < 4.78 is 19.5. The van der Waals surface area contributed by atoms with E-state index >= 15 is 0 Å². The molecule has 6 aromatic carbocycles. The van der Waals surface area contributed by atoms with Crippen molar-refractivity contribution in [2.75, 3.05) is 0 Å². The number of nitrogens with zero attached hydrogens (tertiary/aromatic N) is 1. The van der Waals surface area contributed by atoms with E-state index in [-0.39, 0.29) is 0 Å². The summed E-state index contributed by atoms with van der Waals surface area (Å²) in [6.07, 6.45) is 0. The molecule has 1 saturated heterocycles. The van der Waals surface area contributed by atoms with Crippen LogP contribution in [0.5, 0.6) is 0 Å². The number of para-hydroxylation sites is 2. The lowest BCUT2D eigenvalue weighted by Gasteiger charge is -2.32. The fraction of sp³-hybridized carbons (Fsp3) is 0.140. The zero-order chi connectivity index (χ0) is 32.6. The highest BCUT2D eigenvalue weighted by atomic mass is 16.7. The van der Waals surface area contributed by atoms with Crippen LogP contribution in [0.4, 0.5) is 0 Å². The second-order valence-electron chi connectivity index (χ2n) is 13.8. The van der Waals surface area contributed by atoms with Gasteiger partial charge in [-0.15, -0.1) is 0 Å². The molecule has 0 N–H and O–H groups in total. The molecule has 0 amide bonds. The molecule has 232 valence electrons. The zero-order valence-corrected chi connectivity index (χ0v) is 27.5. The van der Waals surface area contributed by atoms with Gasteiger partial charge in [-0.3, -0.25) is 0 Å². The average molecular weight is 624 g/mol. The van der Waals surface area contributed by atoms with Gasteiger partial charge in [-0.2, -0.15) is 0 Å². The smallest absolute Gasteiger partial charge is 0.456 e. The first-order valence-corrected chi connectivity index (χ1v) is 16.6. The van der Waals surface area contributed by atoms with Crippen LogP contribution in [0.15, 0.2) is 138 Å². The molecule has 0 unspecified atom stereocenters. The third-order valence-corrected chi connectivity index (χ3v) is 10.3. The molecule has 0 radical (unpaired) electrons. The largest absolute Gasteiger partial charge is 0.494 e. The Hall–Kier alpha value is -5.23. The number of furan rings is 1. The van der Waals surface area contributed by atoms with E-state index in [1.807, 2.05) is 12.1 Å². The Kier molecular flexibility index (Phi) is 6.42. The molecule has 2 aromatic heterocycles. The van der Waals surface area contributed by atoms with Gasteiger partial charge in [-0.05, 0) is 68.0 Å². The molecule has 1 aliphatic heterocycles. The van der Waals surface area contributed by atoms with Gasteiger partial charge < -0.3 is 13.7 Å². The van der Waals surface area contributed by atoms with Crippen LogP contribution < -0.4 is 5.46 Å². The number of hydrogen-bond donors (Lipinski definition) is 0. The highest BCUT2D eigenvalue weighted by molar-refractivity contribution is 6.62. The van der Waals surface area contributed by atoms with Gasteiger partial charge in [-0.1, -0.05) is 115 Å². The van der Waals surface area contributed by atoms with Gasteiger partial charge in [0.2, 0.25) is 0 Å². The van der Waals surface area contributed by atoms with Crippen molar-refractivity contribution in [1.29, 1.82) is 0 Å². The molecule has 0 saturated carbocycles. The van der Waals surface area contributed by atoms with Crippen LogP contribution in [0.25, 0.3) is 77.1 Å². The molecule has 48 heavy (non-hydrogen) atoms. The molecular weight excluding hydrogens is 589 g/mol. The van der Waals surface area contributed by atoms with E-state index in [0.717, 1.165) is 71.5 Å². The van der Waals surface area contributed by atoms with Crippen molar-refractivity contribution >= 4 is 56.2 Å². The Bertz CT molecular complexity index is 2500. The predicted octanol–water partition coefficient (Wildman–Crippen LogP) is 10.6. The summed E-state index contributed by atoms with van der Waals surface area (Å²) in [5.74, 6) is 0. The molecule has 0 atom stereocenters. The molecule has 8 aromatic rings. The molecule has 5 heteroatoms.